The van der Waals surface area contributed by atoms with E-state index in [-0.39, 0.29) is 5.82 Å². The Morgan fingerprint density at radius 2 is 1.86 bits per heavy atom. The van der Waals surface area contributed by atoms with Crippen molar-refractivity contribution in [2.75, 3.05) is 6.54 Å². The van der Waals surface area contributed by atoms with Crippen LogP contribution >= 0.6 is 0 Å². The van der Waals surface area contributed by atoms with E-state index in [0.29, 0.717) is 19.7 Å². The SMILES string of the molecule is CCNC(=NCc1ccc(OCc2cccc(F)c2)cc1)NCc1ccccn1. The molecular weight excluding hydrogens is 367 g/mol. The molecule has 5 nitrogen and oxygen atoms in total. The van der Waals surface area contributed by atoms with Gasteiger partial charge in [0.2, 0.25) is 0 Å². The molecule has 0 radical (unpaired) electrons. The second-order valence-electron chi connectivity index (χ2n) is 6.43. The Balaban J connectivity index is 1.52. The second-order valence-corrected chi connectivity index (χ2v) is 6.43. The van der Waals surface area contributed by atoms with Gasteiger partial charge in [-0.2, -0.15) is 0 Å². The van der Waals surface area contributed by atoms with E-state index in [4.69, 9.17) is 4.74 Å². The summed E-state index contributed by atoms with van der Waals surface area (Å²) in [6.07, 6.45) is 1.78. The average molecular weight is 392 g/mol. The number of ether oxygens (including phenoxy) is 1. The summed E-state index contributed by atoms with van der Waals surface area (Å²) in [6, 6.07) is 20.0. The summed E-state index contributed by atoms with van der Waals surface area (Å²) in [6.45, 7) is 4.29. The molecule has 0 aliphatic carbocycles. The van der Waals surface area contributed by atoms with Crippen LogP contribution in [0.2, 0.25) is 0 Å². The standard InChI is InChI=1S/C23H25FN4O/c1-2-25-23(28-16-21-8-3-4-13-26-21)27-15-18-9-11-22(12-10-18)29-17-19-6-5-7-20(24)14-19/h3-14H,2,15-17H2,1H3,(H2,25,27,28). The molecule has 0 bridgehead atoms. The van der Waals surface area contributed by atoms with E-state index in [2.05, 4.69) is 20.6 Å². The fourth-order valence-electron chi connectivity index (χ4n) is 2.67. The van der Waals surface area contributed by atoms with Crippen LogP contribution in [0.1, 0.15) is 23.7 Å². The van der Waals surface area contributed by atoms with Crippen molar-refractivity contribution in [1.82, 2.24) is 15.6 Å². The summed E-state index contributed by atoms with van der Waals surface area (Å²) in [7, 11) is 0. The first-order valence-corrected chi connectivity index (χ1v) is 9.61. The molecule has 0 atom stereocenters. The minimum Gasteiger partial charge on any atom is -0.489 e. The van der Waals surface area contributed by atoms with Crippen molar-refractivity contribution in [2.24, 2.45) is 4.99 Å². The number of aromatic nitrogens is 1. The highest BCUT2D eigenvalue weighted by atomic mass is 19.1. The van der Waals surface area contributed by atoms with Gasteiger partial charge in [0.15, 0.2) is 5.96 Å². The maximum absolute atomic E-state index is 13.2. The Bertz CT molecular complexity index is 914. The van der Waals surface area contributed by atoms with Crippen LogP contribution in [0.15, 0.2) is 77.9 Å². The lowest BCUT2D eigenvalue weighted by Gasteiger charge is -2.11. The van der Waals surface area contributed by atoms with E-state index >= 15 is 0 Å². The summed E-state index contributed by atoms with van der Waals surface area (Å²) in [5.74, 6) is 1.22. The first kappa shape index (κ1) is 20.3. The van der Waals surface area contributed by atoms with Crippen molar-refractivity contribution in [3.8, 4) is 5.75 Å². The zero-order chi connectivity index (χ0) is 20.3. The van der Waals surface area contributed by atoms with Gasteiger partial charge in [0, 0.05) is 12.7 Å². The van der Waals surface area contributed by atoms with Crippen molar-refractivity contribution < 1.29 is 9.13 Å². The number of hydrogen-bond donors (Lipinski definition) is 2. The Morgan fingerprint density at radius 3 is 2.59 bits per heavy atom. The Hall–Kier alpha value is -3.41. The molecule has 0 amide bonds. The number of aliphatic imine (C=N–C) groups is 1. The number of halogens is 1. The zero-order valence-electron chi connectivity index (χ0n) is 16.4. The number of guanidine groups is 1. The molecule has 150 valence electrons. The predicted octanol–water partition coefficient (Wildman–Crippen LogP) is 4.06. The highest BCUT2D eigenvalue weighted by Crippen LogP contribution is 2.15. The molecule has 0 saturated heterocycles. The summed E-state index contributed by atoms with van der Waals surface area (Å²) in [5, 5.41) is 6.52. The van der Waals surface area contributed by atoms with E-state index in [1.165, 1.54) is 12.1 Å². The lowest BCUT2D eigenvalue weighted by Crippen LogP contribution is -2.36. The van der Waals surface area contributed by atoms with Gasteiger partial charge in [-0.1, -0.05) is 30.3 Å². The molecule has 0 aliphatic heterocycles. The molecular formula is C23H25FN4O. The van der Waals surface area contributed by atoms with Gasteiger partial charge in [0.1, 0.15) is 18.2 Å². The third-order valence-corrected chi connectivity index (χ3v) is 4.14. The van der Waals surface area contributed by atoms with Gasteiger partial charge < -0.3 is 15.4 Å². The quantitative estimate of drug-likeness (QED) is 0.448. The van der Waals surface area contributed by atoms with Crippen molar-refractivity contribution in [3.05, 3.63) is 95.6 Å². The van der Waals surface area contributed by atoms with Gasteiger partial charge in [0.25, 0.3) is 0 Å². The fourth-order valence-corrected chi connectivity index (χ4v) is 2.67. The third-order valence-electron chi connectivity index (χ3n) is 4.14. The highest BCUT2D eigenvalue weighted by molar-refractivity contribution is 5.79. The van der Waals surface area contributed by atoms with Crippen molar-refractivity contribution in [1.29, 1.82) is 0 Å². The first-order chi connectivity index (χ1) is 14.2. The molecule has 0 saturated carbocycles. The molecule has 0 unspecified atom stereocenters. The van der Waals surface area contributed by atoms with Crippen molar-refractivity contribution >= 4 is 5.96 Å². The first-order valence-electron chi connectivity index (χ1n) is 9.61. The number of nitrogens with one attached hydrogen (secondary N) is 2. The lowest BCUT2D eigenvalue weighted by atomic mass is 10.2. The van der Waals surface area contributed by atoms with Gasteiger partial charge >= 0.3 is 0 Å². The van der Waals surface area contributed by atoms with E-state index in [9.17, 15) is 4.39 Å². The lowest BCUT2D eigenvalue weighted by molar-refractivity contribution is 0.305. The third kappa shape index (κ3) is 6.92. The molecule has 2 N–H and O–H groups in total. The van der Waals surface area contributed by atoms with Crippen LogP contribution in [-0.4, -0.2) is 17.5 Å². The average Bonchev–Trinajstić information content (AvgIpc) is 2.76. The fraction of sp³-hybridized carbons (Fsp3) is 0.217. The van der Waals surface area contributed by atoms with E-state index < -0.39 is 0 Å². The number of nitrogens with zero attached hydrogens (tertiary/aromatic N) is 2. The topological polar surface area (TPSA) is 58.5 Å². The van der Waals surface area contributed by atoms with Gasteiger partial charge in [-0.3, -0.25) is 4.98 Å². The van der Waals surface area contributed by atoms with Gasteiger partial charge in [-0.25, -0.2) is 9.38 Å². The predicted molar refractivity (Wildman–Crippen MR) is 113 cm³/mol. The Kier molecular flexibility index (Phi) is 7.57. The zero-order valence-corrected chi connectivity index (χ0v) is 16.4. The molecule has 3 aromatic rings. The van der Waals surface area contributed by atoms with Crippen LogP contribution in [0.25, 0.3) is 0 Å². The molecule has 1 heterocycles. The maximum atomic E-state index is 13.2. The summed E-state index contributed by atoms with van der Waals surface area (Å²) >= 11 is 0. The molecule has 3 rings (SSSR count). The maximum Gasteiger partial charge on any atom is 0.191 e. The number of pyridine rings is 1. The smallest absolute Gasteiger partial charge is 0.191 e. The minimum absolute atomic E-state index is 0.257. The van der Waals surface area contributed by atoms with Gasteiger partial charge in [0.05, 0.1) is 18.8 Å². The monoisotopic (exact) mass is 392 g/mol. The normalized spacial score (nSPS) is 11.2. The van der Waals surface area contributed by atoms with Crippen LogP contribution < -0.4 is 15.4 Å². The molecule has 29 heavy (non-hydrogen) atoms. The minimum atomic E-state index is -0.257. The summed E-state index contributed by atoms with van der Waals surface area (Å²) < 4.78 is 18.9. The van der Waals surface area contributed by atoms with E-state index in [0.717, 1.165) is 35.1 Å². The van der Waals surface area contributed by atoms with Crippen LogP contribution in [0.5, 0.6) is 5.75 Å². The Morgan fingerprint density at radius 1 is 1.00 bits per heavy atom. The van der Waals surface area contributed by atoms with Gasteiger partial charge in [-0.05, 0) is 54.4 Å². The molecule has 0 fully saturated rings. The summed E-state index contributed by atoms with van der Waals surface area (Å²) in [5.41, 5.74) is 2.82. The van der Waals surface area contributed by atoms with Crippen LogP contribution in [0.3, 0.4) is 0 Å². The second kappa shape index (κ2) is 10.8. The number of hydrogen-bond acceptors (Lipinski definition) is 3. The number of benzene rings is 2. The number of rotatable bonds is 8. The summed E-state index contributed by atoms with van der Waals surface area (Å²) in [4.78, 5) is 8.92. The van der Waals surface area contributed by atoms with Crippen LogP contribution in [0.4, 0.5) is 4.39 Å². The highest BCUT2D eigenvalue weighted by Gasteiger charge is 2.01. The molecule has 2 aromatic carbocycles. The van der Waals surface area contributed by atoms with Crippen LogP contribution in [0, 0.1) is 5.82 Å². The van der Waals surface area contributed by atoms with Crippen molar-refractivity contribution in [2.45, 2.75) is 26.6 Å². The largest absolute Gasteiger partial charge is 0.489 e. The van der Waals surface area contributed by atoms with E-state index in [1.807, 2.05) is 55.5 Å². The van der Waals surface area contributed by atoms with Crippen LogP contribution in [-0.2, 0) is 19.7 Å². The van der Waals surface area contributed by atoms with E-state index in [1.54, 1.807) is 12.3 Å². The van der Waals surface area contributed by atoms with Crippen molar-refractivity contribution in [3.63, 3.8) is 0 Å². The molecule has 0 spiro atoms. The molecule has 0 aliphatic rings. The Labute approximate surface area is 170 Å². The van der Waals surface area contributed by atoms with Gasteiger partial charge in [-0.15, -0.1) is 0 Å². The molecule has 6 heteroatoms. The molecule has 1 aromatic heterocycles.